The molecule has 19 N–H and O–H groups in total. The number of carbonyl (C=O) groups is 2. The summed E-state index contributed by atoms with van der Waals surface area (Å²) < 4.78 is 29.8. The Balaban J connectivity index is 0.0000000985. The largest absolute Gasteiger partial charge is 0.445 e. The maximum absolute atomic E-state index is 12.3. The first-order chi connectivity index (χ1) is 68.7. The van der Waals surface area contributed by atoms with Crippen LogP contribution in [0, 0.1) is 0 Å². The summed E-state index contributed by atoms with van der Waals surface area (Å²) in [5.74, 6) is 7.24. The molecule has 39 nitrogen and oxygen atoms in total. The fraction of sp³-hybridized carbons (Fsp3) is 0.223. The van der Waals surface area contributed by atoms with Crippen LogP contribution in [0.25, 0.3) is 117 Å². The summed E-state index contributed by atoms with van der Waals surface area (Å²) in [5.41, 5.74) is 77.7. The molecular weight excluding hydrogens is 1790 g/mol. The van der Waals surface area contributed by atoms with Gasteiger partial charge >= 0.3 is 12.2 Å². The van der Waals surface area contributed by atoms with Crippen LogP contribution in [0.15, 0.2) is 250 Å². The lowest BCUT2D eigenvalue weighted by Gasteiger charge is -2.27. The number of carbonyl (C=O) groups excluding carboxylic acids is 2. The van der Waals surface area contributed by atoms with Gasteiger partial charge in [0, 0.05) is 167 Å². The highest BCUT2D eigenvalue weighted by Crippen LogP contribution is 2.35. The van der Waals surface area contributed by atoms with Crippen molar-refractivity contribution in [2.24, 2.45) is 0 Å². The van der Waals surface area contributed by atoms with Crippen LogP contribution in [0.2, 0.25) is 0 Å². The van der Waals surface area contributed by atoms with Gasteiger partial charge < -0.3 is 98.7 Å². The van der Waals surface area contributed by atoms with Gasteiger partial charge in [-0.2, -0.15) is 0 Å². The average molecular weight is 1900 g/mol. The van der Waals surface area contributed by atoms with Crippen molar-refractivity contribution in [3.8, 4) is 0 Å². The number of imidazole rings is 9. The predicted octanol–water partition coefficient (Wildman–Crippen LogP) is 14.8. The number of amides is 2. The van der Waals surface area contributed by atoms with Crippen LogP contribution in [0.4, 0.5) is 78.6 Å². The van der Waals surface area contributed by atoms with E-state index < -0.39 is 5.60 Å². The molecule has 0 aliphatic carbocycles. The summed E-state index contributed by atoms with van der Waals surface area (Å²) >= 11 is 0. The molecule has 0 saturated heterocycles. The van der Waals surface area contributed by atoms with E-state index in [1.54, 1.807) is 34.6 Å². The molecule has 0 spiro atoms. The number of hydrogen-bond donors (Lipinski definition) is 10. The fourth-order valence-corrected chi connectivity index (χ4v) is 18.3. The average Bonchev–Trinajstić information content (AvgIpc) is 1.60. The highest BCUT2D eigenvalue weighted by atomic mass is 16.6. The molecule has 720 valence electrons. The van der Waals surface area contributed by atoms with E-state index in [0.717, 1.165) is 216 Å². The summed E-state index contributed by atoms with van der Waals surface area (Å²) in [6.07, 6.45) is 14.3. The Morgan fingerprint density at radius 3 is 1.45 bits per heavy atom. The smallest absolute Gasteiger partial charge is 0.417 e. The maximum Gasteiger partial charge on any atom is 0.417 e. The first-order valence-corrected chi connectivity index (χ1v) is 46.7. The summed E-state index contributed by atoms with van der Waals surface area (Å²) in [4.78, 5) is 84.9. The van der Waals surface area contributed by atoms with Crippen LogP contribution in [0.3, 0.4) is 0 Å². The van der Waals surface area contributed by atoms with Gasteiger partial charge in [0.25, 0.3) is 0 Å². The number of ether oxygens (including phenoxy) is 2. The van der Waals surface area contributed by atoms with E-state index in [2.05, 4.69) is 131 Å². The third-order valence-electron chi connectivity index (χ3n) is 25.2. The quantitative estimate of drug-likeness (QED) is 0.0719. The second-order valence-corrected chi connectivity index (χ2v) is 36.5. The molecule has 6 aliphatic heterocycles. The van der Waals surface area contributed by atoms with Gasteiger partial charge in [-0.15, -0.1) is 0 Å². The van der Waals surface area contributed by atoms with Crippen LogP contribution < -0.4 is 66.7 Å². The van der Waals surface area contributed by atoms with Gasteiger partial charge in [-0.3, -0.25) is 28.0 Å². The number of fused-ring (bicyclic) bond motifs is 27. The Bertz CT molecular complexity index is 8360. The first kappa shape index (κ1) is 91.7. The Labute approximate surface area is 813 Å². The van der Waals surface area contributed by atoms with Gasteiger partial charge in [-0.25, -0.2) is 69.3 Å². The van der Waals surface area contributed by atoms with E-state index in [0.29, 0.717) is 61.1 Å². The second kappa shape index (κ2) is 38.5. The normalized spacial score (nSPS) is 14.3. The van der Waals surface area contributed by atoms with Crippen LogP contribution in [0.5, 0.6) is 0 Å². The topological polar surface area (TPSA) is 509 Å². The van der Waals surface area contributed by atoms with Gasteiger partial charge in [-0.1, -0.05) is 30.3 Å². The Kier molecular flexibility index (Phi) is 24.9. The fourth-order valence-electron chi connectivity index (χ4n) is 18.3. The molecule has 28 rings (SSSR count). The highest BCUT2D eigenvalue weighted by Gasteiger charge is 2.33. The molecule has 22 aromatic rings. The molecule has 142 heavy (non-hydrogen) atoms. The number of nitrogen functional groups attached to an aromatic ring is 9. The van der Waals surface area contributed by atoms with Crippen molar-refractivity contribution in [2.75, 3.05) is 114 Å². The zero-order chi connectivity index (χ0) is 98.3. The Hall–Kier alpha value is -18.0. The number of benzene rings is 10. The summed E-state index contributed by atoms with van der Waals surface area (Å²) in [7, 11) is 4.19. The molecule has 1 atom stereocenters. The van der Waals surface area contributed by atoms with Crippen molar-refractivity contribution >= 4 is 198 Å². The minimum absolute atomic E-state index is 0.281. The van der Waals surface area contributed by atoms with Crippen LogP contribution in [0.1, 0.15) is 63.2 Å². The summed E-state index contributed by atoms with van der Waals surface area (Å²) in [6, 6.07) is 66.0. The standard InChI is InChI=1S/C18H18N4O2.C14H18N4O2.C11H14N4.C11H13N3.C10H12N4.3C10H8N4.C9H10N4/c19-14-6-7-16-15(10-14)20-17-11-21(8-9-22(16)17)18(23)24-12-13-4-2-1-3-5-13;1-14(2,3)20-13(19)18-7-6-17-11-5-4-9(15)8-10(11)16-12(17)18;1-14-4-5-15-10-3-2-8(12)6-9(10)13-11(15)7-14;1-7-2-5-11-13-9-6-8(12)3-4-10(9)14(7)11;1-13-4-5-14-9-3-2-7(11)6-8(9)12-10(13)14;11-7-2-3-9-8(6-7)13-10-12-4-1-5-14(9)10;11-7-2-3-8-9(6-7)14-5-1-4-12-10(14)13-8;11-7-1-2-9-8(5-7)13-10-6-12-3-4-14(9)10;10-6-1-2-8-7(5-6)12-9-11-3-4-13(8)9/h1-7,10H,8-9,11-12,19H2;4-5,8H,6-7,15H2,1-3H3;2-3,6H,4-5,7,12H2,1H3;3-4,6-7H,2,5,12H2,1H3;2-3,6H,4-5,11H2,1H3;3*1-6H,11H2;1-2,5H,3-4,10H2,(H,11,12). The number of aryl methyl sites for hydroxylation is 1. The van der Waals surface area contributed by atoms with Crippen molar-refractivity contribution in [1.29, 1.82) is 0 Å². The molecular formula is C103H109N35O4. The van der Waals surface area contributed by atoms with Gasteiger partial charge in [0.1, 0.15) is 29.7 Å². The predicted molar refractivity (Wildman–Crippen MR) is 561 cm³/mol. The number of nitrogens with one attached hydrogen (secondary N) is 1. The zero-order valence-electron chi connectivity index (χ0n) is 79.4. The SMILES string of the molecule is CC(C)(C)OC(=O)N1CCn2c1nc1cc(N)ccc12.CC1CCc2nc3cc(N)ccc3n21.CN1CCn2c(nc3cc(N)ccc32)C1.CN1CCn2c1nc1cc(N)ccc12.Nc1ccc2c(c1)nc1cnccn12.Nc1ccc2c(c1)nc1n2CCN(C(=O)OCc2ccccc2)C1.Nc1ccc2c(c1)nc1n2CCN1.Nc1ccc2c(c1)nc1ncccn12.Nc1ccc2nc3ncccn3c2c1. The molecule has 39 heteroatoms. The molecule has 0 saturated carbocycles. The number of aromatic nitrogens is 21. The third-order valence-corrected chi connectivity index (χ3v) is 25.2. The van der Waals surface area contributed by atoms with Gasteiger partial charge in [0.2, 0.25) is 29.4 Å². The molecule has 18 heterocycles. The monoisotopic (exact) mass is 1900 g/mol. The molecule has 12 aromatic heterocycles. The number of likely N-dealkylation sites (N-methyl/N-ethyl adjacent to an activating group) is 2. The minimum Gasteiger partial charge on any atom is -0.445 e. The molecule has 2 amide bonds. The van der Waals surface area contributed by atoms with Crippen molar-refractivity contribution in [2.45, 2.75) is 105 Å². The minimum atomic E-state index is -0.513. The van der Waals surface area contributed by atoms with Gasteiger partial charge in [0.15, 0.2) is 5.65 Å². The molecule has 0 fully saturated rings. The van der Waals surface area contributed by atoms with Gasteiger partial charge in [-0.05, 0) is 223 Å². The summed E-state index contributed by atoms with van der Waals surface area (Å²) in [6.45, 7) is 18.2. The number of nitrogens with zero attached hydrogens (tertiary/aromatic N) is 25. The lowest BCUT2D eigenvalue weighted by molar-refractivity contribution is 0.0582. The highest BCUT2D eigenvalue weighted by molar-refractivity contribution is 5.93. The maximum atomic E-state index is 12.3. The van der Waals surface area contributed by atoms with Crippen molar-refractivity contribution in [3.05, 3.63) is 273 Å². The molecule has 6 aliphatic rings. The number of anilines is 12. The van der Waals surface area contributed by atoms with E-state index in [1.165, 1.54) is 28.8 Å². The van der Waals surface area contributed by atoms with E-state index in [1.807, 2.05) is 251 Å². The number of rotatable bonds is 2. The van der Waals surface area contributed by atoms with E-state index in [4.69, 9.17) is 61.1 Å². The van der Waals surface area contributed by atoms with E-state index in [9.17, 15) is 9.59 Å². The lowest BCUT2D eigenvalue weighted by Crippen LogP contribution is -2.38. The zero-order valence-corrected chi connectivity index (χ0v) is 79.4. The van der Waals surface area contributed by atoms with E-state index >= 15 is 0 Å². The van der Waals surface area contributed by atoms with Crippen molar-refractivity contribution < 1.29 is 19.1 Å². The van der Waals surface area contributed by atoms with E-state index in [-0.39, 0.29) is 18.8 Å². The molecule has 0 bridgehead atoms. The van der Waals surface area contributed by atoms with Crippen LogP contribution in [-0.4, -0.2) is 175 Å². The number of nitrogens with two attached hydrogens (primary N) is 9. The second-order valence-electron chi connectivity index (χ2n) is 36.5. The third kappa shape index (κ3) is 19.2. The molecule has 10 aromatic carbocycles. The lowest BCUT2D eigenvalue weighted by atomic mass is 10.2. The van der Waals surface area contributed by atoms with Gasteiger partial charge in [0.05, 0.1) is 125 Å². The Morgan fingerprint density at radius 2 is 0.852 bits per heavy atom. The Morgan fingerprint density at radius 1 is 0.394 bits per heavy atom. The van der Waals surface area contributed by atoms with Crippen molar-refractivity contribution in [1.82, 2.24) is 110 Å². The number of hydrogen-bond acceptors (Lipinski definition) is 28. The molecule has 0 radical (unpaired) electrons. The van der Waals surface area contributed by atoms with Crippen molar-refractivity contribution in [3.63, 3.8) is 0 Å². The molecule has 1 unspecified atom stereocenters. The van der Waals surface area contributed by atoms with Crippen LogP contribution in [-0.2, 0) is 68.3 Å². The van der Waals surface area contributed by atoms with Crippen LogP contribution >= 0.6 is 0 Å². The summed E-state index contributed by atoms with van der Waals surface area (Å²) in [5, 5.41) is 3.22. The first-order valence-electron chi connectivity index (χ1n) is 46.7.